The predicted molar refractivity (Wildman–Crippen MR) is 125 cm³/mol. The van der Waals surface area contributed by atoms with Gasteiger partial charge in [0.05, 0.1) is 19.4 Å². The molecule has 4 rings (SSSR count). The molecule has 0 radical (unpaired) electrons. The summed E-state index contributed by atoms with van der Waals surface area (Å²) in [7, 11) is 3.47. The average Bonchev–Trinajstić information content (AvgIpc) is 3.48. The van der Waals surface area contributed by atoms with Gasteiger partial charge < -0.3 is 9.64 Å². The summed E-state index contributed by atoms with van der Waals surface area (Å²) < 4.78 is 7.25. The first kappa shape index (κ1) is 21.1. The number of thiophene rings is 1. The van der Waals surface area contributed by atoms with Gasteiger partial charge in [-0.2, -0.15) is 0 Å². The number of carbonyl (C=O) groups is 1. The zero-order valence-electron chi connectivity index (χ0n) is 17.3. The Labute approximate surface area is 189 Å². The van der Waals surface area contributed by atoms with Crippen molar-refractivity contribution in [1.29, 1.82) is 0 Å². The first-order valence-electron chi connectivity index (χ1n) is 9.70. The SMILES string of the molecule is COc1ccc(-c2nnc(SCC(=O)N(C)Cc3cccs3)n2-c2ccccc2)cc1. The minimum Gasteiger partial charge on any atom is -0.497 e. The number of amides is 1. The van der Waals surface area contributed by atoms with E-state index >= 15 is 0 Å². The van der Waals surface area contributed by atoms with Crippen LogP contribution < -0.4 is 4.74 Å². The second-order valence-corrected chi connectivity index (χ2v) is 8.80. The van der Waals surface area contributed by atoms with Crippen molar-refractivity contribution in [2.24, 2.45) is 0 Å². The summed E-state index contributed by atoms with van der Waals surface area (Å²) in [5.41, 5.74) is 1.87. The Morgan fingerprint density at radius 3 is 2.52 bits per heavy atom. The Kier molecular flexibility index (Phi) is 6.69. The van der Waals surface area contributed by atoms with Gasteiger partial charge in [-0.3, -0.25) is 9.36 Å². The maximum atomic E-state index is 12.7. The molecule has 2 aromatic carbocycles. The lowest BCUT2D eigenvalue weighted by Crippen LogP contribution is -2.27. The monoisotopic (exact) mass is 450 g/mol. The van der Waals surface area contributed by atoms with E-state index in [1.165, 1.54) is 11.8 Å². The van der Waals surface area contributed by atoms with Gasteiger partial charge in [0.15, 0.2) is 11.0 Å². The predicted octanol–water partition coefficient (Wildman–Crippen LogP) is 4.76. The molecule has 1 amide bonds. The normalized spacial score (nSPS) is 10.8. The van der Waals surface area contributed by atoms with Crippen LogP contribution in [-0.2, 0) is 11.3 Å². The maximum Gasteiger partial charge on any atom is 0.233 e. The van der Waals surface area contributed by atoms with Crippen molar-refractivity contribution < 1.29 is 9.53 Å². The van der Waals surface area contributed by atoms with Crippen LogP contribution in [0.25, 0.3) is 17.1 Å². The van der Waals surface area contributed by atoms with E-state index in [9.17, 15) is 4.79 Å². The number of ether oxygens (including phenoxy) is 1. The molecule has 2 aromatic heterocycles. The Morgan fingerprint density at radius 2 is 1.84 bits per heavy atom. The van der Waals surface area contributed by atoms with Gasteiger partial charge in [0.25, 0.3) is 0 Å². The standard InChI is InChI=1S/C23H22N4O2S2/c1-26(15-20-9-6-14-30-20)21(28)16-31-23-25-24-22(17-10-12-19(29-2)13-11-17)27(23)18-7-4-3-5-8-18/h3-14H,15-16H2,1-2H3. The third-order valence-electron chi connectivity index (χ3n) is 4.72. The molecule has 0 saturated carbocycles. The minimum absolute atomic E-state index is 0.0482. The molecule has 0 aliphatic heterocycles. The molecular weight excluding hydrogens is 428 g/mol. The van der Waals surface area contributed by atoms with Gasteiger partial charge >= 0.3 is 0 Å². The molecule has 0 bridgehead atoms. The maximum absolute atomic E-state index is 12.7. The summed E-state index contributed by atoms with van der Waals surface area (Å²) >= 11 is 3.04. The molecular formula is C23H22N4O2S2. The molecule has 0 saturated heterocycles. The summed E-state index contributed by atoms with van der Waals surface area (Å²) in [5.74, 6) is 1.83. The molecule has 0 aliphatic rings. The third kappa shape index (κ3) is 4.98. The van der Waals surface area contributed by atoms with Crippen molar-refractivity contribution in [3.05, 3.63) is 77.0 Å². The van der Waals surface area contributed by atoms with Gasteiger partial charge in [-0.15, -0.1) is 21.5 Å². The molecule has 2 heterocycles. The van der Waals surface area contributed by atoms with Crippen molar-refractivity contribution >= 4 is 29.0 Å². The van der Waals surface area contributed by atoms with Crippen LogP contribution in [-0.4, -0.2) is 45.5 Å². The lowest BCUT2D eigenvalue weighted by atomic mass is 10.2. The molecule has 158 valence electrons. The molecule has 31 heavy (non-hydrogen) atoms. The van der Waals surface area contributed by atoms with Crippen LogP contribution in [0.2, 0.25) is 0 Å². The van der Waals surface area contributed by atoms with Crippen molar-refractivity contribution in [1.82, 2.24) is 19.7 Å². The fraction of sp³-hybridized carbons (Fsp3) is 0.174. The van der Waals surface area contributed by atoms with E-state index in [-0.39, 0.29) is 11.7 Å². The zero-order valence-corrected chi connectivity index (χ0v) is 18.9. The van der Waals surface area contributed by atoms with Crippen molar-refractivity contribution in [2.45, 2.75) is 11.7 Å². The van der Waals surface area contributed by atoms with Gasteiger partial charge in [0.2, 0.25) is 5.91 Å². The van der Waals surface area contributed by atoms with E-state index in [4.69, 9.17) is 4.74 Å². The van der Waals surface area contributed by atoms with Crippen LogP contribution in [0, 0.1) is 0 Å². The fourth-order valence-corrected chi connectivity index (χ4v) is 4.71. The number of aromatic nitrogens is 3. The molecule has 0 spiro atoms. The molecule has 0 N–H and O–H groups in total. The van der Waals surface area contributed by atoms with E-state index in [0.29, 0.717) is 11.7 Å². The van der Waals surface area contributed by atoms with E-state index in [1.54, 1.807) is 23.3 Å². The molecule has 0 atom stereocenters. The van der Waals surface area contributed by atoms with E-state index in [0.717, 1.165) is 27.7 Å². The number of benzene rings is 2. The number of nitrogens with zero attached hydrogens (tertiary/aromatic N) is 4. The third-order valence-corrected chi connectivity index (χ3v) is 6.49. The molecule has 0 unspecified atom stereocenters. The Balaban J connectivity index is 1.57. The quantitative estimate of drug-likeness (QED) is 0.363. The largest absolute Gasteiger partial charge is 0.497 e. The van der Waals surface area contributed by atoms with E-state index < -0.39 is 0 Å². The lowest BCUT2D eigenvalue weighted by Gasteiger charge is -2.16. The fourth-order valence-electron chi connectivity index (χ4n) is 3.06. The van der Waals surface area contributed by atoms with Crippen LogP contribution in [0.1, 0.15) is 4.88 Å². The van der Waals surface area contributed by atoms with Crippen LogP contribution >= 0.6 is 23.1 Å². The zero-order chi connectivity index (χ0) is 21.6. The van der Waals surface area contributed by atoms with Crippen LogP contribution in [0.3, 0.4) is 0 Å². The summed E-state index contributed by atoms with van der Waals surface area (Å²) in [5, 5.41) is 11.5. The van der Waals surface area contributed by atoms with E-state index in [2.05, 4.69) is 10.2 Å². The summed E-state index contributed by atoms with van der Waals surface area (Å²) in [4.78, 5) is 15.6. The highest BCUT2D eigenvalue weighted by molar-refractivity contribution is 7.99. The number of hydrogen-bond donors (Lipinski definition) is 0. The molecule has 0 aliphatic carbocycles. The van der Waals surface area contributed by atoms with Gasteiger partial charge in [-0.05, 0) is 47.8 Å². The molecule has 6 nitrogen and oxygen atoms in total. The lowest BCUT2D eigenvalue weighted by molar-refractivity contribution is -0.127. The highest BCUT2D eigenvalue weighted by Gasteiger charge is 2.18. The van der Waals surface area contributed by atoms with Crippen molar-refractivity contribution in [2.75, 3.05) is 19.9 Å². The Morgan fingerprint density at radius 1 is 1.06 bits per heavy atom. The first-order chi connectivity index (χ1) is 15.2. The smallest absolute Gasteiger partial charge is 0.233 e. The molecule has 0 fully saturated rings. The number of rotatable bonds is 8. The van der Waals surface area contributed by atoms with Gasteiger partial charge in [-0.25, -0.2) is 0 Å². The number of thioether (sulfide) groups is 1. The summed E-state index contributed by atoms with van der Waals surface area (Å²) in [6.07, 6.45) is 0. The highest BCUT2D eigenvalue weighted by Crippen LogP contribution is 2.29. The van der Waals surface area contributed by atoms with Crippen LogP contribution in [0.15, 0.2) is 77.3 Å². The number of methoxy groups -OCH3 is 1. The summed E-state index contributed by atoms with van der Waals surface area (Å²) in [6.45, 7) is 0.611. The Bertz CT molecular complexity index is 1130. The Hall–Kier alpha value is -3.10. The topological polar surface area (TPSA) is 60.3 Å². The first-order valence-corrected chi connectivity index (χ1v) is 11.6. The highest BCUT2D eigenvalue weighted by atomic mass is 32.2. The van der Waals surface area contributed by atoms with Crippen LogP contribution in [0.4, 0.5) is 0 Å². The summed E-state index contributed by atoms with van der Waals surface area (Å²) in [6, 6.07) is 21.7. The van der Waals surface area contributed by atoms with E-state index in [1.807, 2.05) is 83.7 Å². The number of hydrogen-bond acceptors (Lipinski definition) is 6. The average molecular weight is 451 g/mol. The number of para-hydroxylation sites is 1. The van der Waals surface area contributed by atoms with Gasteiger partial charge in [0, 0.05) is 23.2 Å². The number of carbonyl (C=O) groups excluding carboxylic acids is 1. The minimum atomic E-state index is 0.0482. The second-order valence-electron chi connectivity index (χ2n) is 6.82. The van der Waals surface area contributed by atoms with Crippen molar-refractivity contribution in [3.63, 3.8) is 0 Å². The molecule has 8 heteroatoms. The molecule has 4 aromatic rings. The van der Waals surface area contributed by atoms with Crippen LogP contribution in [0.5, 0.6) is 5.75 Å². The van der Waals surface area contributed by atoms with Gasteiger partial charge in [-0.1, -0.05) is 36.0 Å². The van der Waals surface area contributed by atoms with Crippen molar-refractivity contribution in [3.8, 4) is 22.8 Å². The van der Waals surface area contributed by atoms with Gasteiger partial charge in [0.1, 0.15) is 5.75 Å². The second kappa shape index (κ2) is 9.80.